The third-order valence-electron chi connectivity index (χ3n) is 16.3. The molecule has 0 aromatic heterocycles. The predicted octanol–water partition coefficient (Wildman–Crippen LogP) is 24.9. The molecule has 0 fully saturated rings. The van der Waals surface area contributed by atoms with Crippen molar-refractivity contribution in [3.63, 3.8) is 0 Å². The molecule has 0 aliphatic rings. The van der Waals surface area contributed by atoms with Gasteiger partial charge in [0.05, 0.1) is 0 Å². The first kappa shape index (κ1) is 78.4. The molecule has 0 rings (SSSR count). The van der Waals surface area contributed by atoms with Crippen molar-refractivity contribution in [2.75, 3.05) is 13.2 Å². The second kappa shape index (κ2) is 69.9. The highest BCUT2D eigenvalue weighted by molar-refractivity contribution is 5.71. The van der Waals surface area contributed by atoms with Gasteiger partial charge in [0.2, 0.25) is 0 Å². The monoisotopic (exact) mass is 1140 g/mol. The summed E-state index contributed by atoms with van der Waals surface area (Å²) < 4.78 is 16.8. The zero-order chi connectivity index (χ0) is 58.5. The van der Waals surface area contributed by atoms with E-state index in [2.05, 4.69) is 69.4 Å². The normalized spacial score (nSPS) is 12.3. The van der Waals surface area contributed by atoms with Crippen molar-refractivity contribution in [3.8, 4) is 0 Å². The number of rotatable bonds is 67. The van der Waals surface area contributed by atoms with Crippen molar-refractivity contribution in [2.24, 2.45) is 0 Å². The van der Waals surface area contributed by atoms with Crippen molar-refractivity contribution in [2.45, 2.75) is 399 Å². The molecule has 0 radical (unpaired) electrons. The summed E-state index contributed by atoms with van der Waals surface area (Å²) in [6.45, 7) is 6.60. The van der Waals surface area contributed by atoms with Crippen LogP contribution in [0.1, 0.15) is 393 Å². The Balaban J connectivity index is 3.92. The summed E-state index contributed by atoms with van der Waals surface area (Å²) in [5, 5.41) is 0. The Hall–Kier alpha value is -2.63. The minimum atomic E-state index is -0.768. The summed E-state index contributed by atoms with van der Waals surface area (Å²) >= 11 is 0. The number of esters is 3. The number of carbonyl (C=O) groups is 3. The first-order chi connectivity index (χ1) is 40.0. The maximum Gasteiger partial charge on any atom is 0.306 e. The van der Waals surface area contributed by atoms with Gasteiger partial charge in [-0.25, -0.2) is 0 Å². The Bertz CT molecular complexity index is 1400. The van der Waals surface area contributed by atoms with Gasteiger partial charge in [-0.15, -0.1) is 0 Å². The zero-order valence-electron chi connectivity index (χ0n) is 54.6. The van der Waals surface area contributed by atoms with Crippen LogP contribution in [0.25, 0.3) is 0 Å². The molecule has 0 aromatic carbocycles. The van der Waals surface area contributed by atoms with Gasteiger partial charge in [0.1, 0.15) is 13.2 Å². The molecule has 0 N–H and O–H groups in total. The molecule has 0 bridgehead atoms. The summed E-state index contributed by atoms with van der Waals surface area (Å²) in [7, 11) is 0. The van der Waals surface area contributed by atoms with E-state index in [9.17, 15) is 14.4 Å². The first-order valence-corrected chi connectivity index (χ1v) is 36.1. The van der Waals surface area contributed by atoms with Crippen LogP contribution in [0.4, 0.5) is 0 Å². The number of allylic oxidation sites excluding steroid dienone is 8. The fraction of sp³-hybridized carbons (Fsp3) is 0.853. The van der Waals surface area contributed by atoms with Crippen LogP contribution in [-0.2, 0) is 28.6 Å². The summed E-state index contributed by atoms with van der Waals surface area (Å²) in [5.74, 6) is -0.858. The fourth-order valence-electron chi connectivity index (χ4n) is 10.9. The van der Waals surface area contributed by atoms with Crippen LogP contribution in [0.5, 0.6) is 0 Å². The van der Waals surface area contributed by atoms with Gasteiger partial charge in [0, 0.05) is 19.3 Å². The average molecular weight is 1140 g/mol. The van der Waals surface area contributed by atoms with E-state index in [4.69, 9.17) is 14.2 Å². The van der Waals surface area contributed by atoms with Crippen molar-refractivity contribution in [1.29, 1.82) is 0 Å². The number of unbranched alkanes of at least 4 members (excludes halogenated alkanes) is 48. The van der Waals surface area contributed by atoms with Gasteiger partial charge in [-0.2, -0.15) is 0 Å². The standard InChI is InChI=1S/C75H138O6/c1-4-7-10-13-15-17-19-21-23-25-27-29-31-33-35-37-39-41-43-45-47-49-51-53-55-57-59-62-65-68-74(77)80-71-72(70-79-73(76)67-64-61-12-9-6-3)81-75(78)69-66-63-60-58-56-54-52-50-48-46-44-42-40-38-36-34-32-30-28-26-24-22-20-18-16-14-11-8-5-2/h19-22,25-28,72H,4-18,23-24,29-71H2,1-3H3/b21-19-,22-20-,27-25-,28-26-. The smallest absolute Gasteiger partial charge is 0.306 e. The molecule has 1 unspecified atom stereocenters. The molecule has 1 atom stereocenters. The van der Waals surface area contributed by atoms with E-state index in [0.717, 1.165) is 77.0 Å². The molecular weight excluding hydrogens is 997 g/mol. The van der Waals surface area contributed by atoms with Crippen LogP contribution in [0, 0.1) is 0 Å². The van der Waals surface area contributed by atoms with Gasteiger partial charge < -0.3 is 14.2 Å². The number of hydrogen-bond donors (Lipinski definition) is 0. The quantitative estimate of drug-likeness (QED) is 0.0261. The van der Waals surface area contributed by atoms with Crippen molar-refractivity contribution < 1.29 is 28.6 Å². The Morgan fingerprint density at radius 2 is 0.444 bits per heavy atom. The molecule has 0 heterocycles. The van der Waals surface area contributed by atoms with E-state index in [-0.39, 0.29) is 31.1 Å². The van der Waals surface area contributed by atoms with Crippen LogP contribution in [0.2, 0.25) is 0 Å². The Morgan fingerprint density at radius 3 is 0.679 bits per heavy atom. The third kappa shape index (κ3) is 68.0. The Labute approximate surface area is 505 Å². The summed E-state index contributed by atoms with van der Waals surface area (Å²) in [4.78, 5) is 38.0. The van der Waals surface area contributed by atoms with E-state index >= 15 is 0 Å². The highest BCUT2D eigenvalue weighted by atomic mass is 16.6. The van der Waals surface area contributed by atoms with Crippen LogP contribution in [0.3, 0.4) is 0 Å². The second-order valence-corrected chi connectivity index (χ2v) is 24.5. The van der Waals surface area contributed by atoms with E-state index in [1.165, 1.54) is 276 Å². The lowest BCUT2D eigenvalue weighted by molar-refractivity contribution is -0.167. The lowest BCUT2D eigenvalue weighted by Crippen LogP contribution is -2.30. The molecular formula is C75H138O6. The predicted molar refractivity (Wildman–Crippen MR) is 353 cm³/mol. The maximum atomic E-state index is 12.9. The van der Waals surface area contributed by atoms with Crippen LogP contribution >= 0.6 is 0 Å². The van der Waals surface area contributed by atoms with Crippen LogP contribution in [0.15, 0.2) is 48.6 Å². The molecule has 0 aromatic rings. The largest absolute Gasteiger partial charge is 0.462 e. The molecule has 6 nitrogen and oxygen atoms in total. The molecule has 0 aliphatic heterocycles. The minimum absolute atomic E-state index is 0.0682. The lowest BCUT2D eigenvalue weighted by atomic mass is 10.0. The molecule has 0 aliphatic carbocycles. The third-order valence-corrected chi connectivity index (χ3v) is 16.3. The summed E-state index contributed by atoms with van der Waals surface area (Å²) in [6, 6.07) is 0. The minimum Gasteiger partial charge on any atom is -0.462 e. The van der Waals surface area contributed by atoms with Crippen LogP contribution in [-0.4, -0.2) is 37.2 Å². The van der Waals surface area contributed by atoms with Crippen LogP contribution < -0.4 is 0 Å². The zero-order valence-corrected chi connectivity index (χ0v) is 54.6. The van der Waals surface area contributed by atoms with Gasteiger partial charge in [-0.1, -0.05) is 339 Å². The lowest BCUT2D eigenvalue weighted by Gasteiger charge is -2.18. The molecule has 0 saturated heterocycles. The van der Waals surface area contributed by atoms with E-state index in [1.54, 1.807) is 0 Å². The van der Waals surface area contributed by atoms with Gasteiger partial charge in [0.15, 0.2) is 6.10 Å². The number of carbonyl (C=O) groups excluding carboxylic acids is 3. The van der Waals surface area contributed by atoms with E-state index in [1.807, 2.05) is 0 Å². The van der Waals surface area contributed by atoms with E-state index in [0.29, 0.717) is 19.3 Å². The average Bonchev–Trinajstić information content (AvgIpc) is 3.47. The van der Waals surface area contributed by atoms with Crippen molar-refractivity contribution in [1.82, 2.24) is 0 Å². The number of ether oxygens (including phenoxy) is 3. The summed E-state index contributed by atoms with van der Waals surface area (Å²) in [6.07, 6.45) is 89.2. The van der Waals surface area contributed by atoms with Gasteiger partial charge in [-0.05, 0) is 83.5 Å². The van der Waals surface area contributed by atoms with E-state index < -0.39 is 6.10 Å². The highest BCUT2D eigenvalue weighted by Gasteiger charge is 2.19. The molecule has 81 heavy (non-hydrogen) atoms. The Kier molecular flexibility index (Phi) is 67.6. The Morgan fingerprint density at radius 1 is 0.247 bits per heavy atom. The second-order valence-electron chi connectivity index (χ2n) is 24.5. The molecule has 0 spiro atoms. The van der Waals surface area contributed by atoms with Gasteiger partial charge in [-0.3, -0.25) is 14.4 Å². The first-order valence-electron chi connectivity index (χ1n) is 36.1. The maximum absolute atomic E-state index is 12.9. The molecule has 474 valence electrons. The number of hydrogen-bond acceptors (Lipinski definition) is 6. The van der Waals surface area contributed by atoms with Crippen molar-refractivity contribution >= 4 is 17.9 Å². The summed E-state index contributed by atoms with van der Waals surface area (Å²) in [5.41, 5.74) is 0. The van der Waals surface area contributed by atoms with Gasteiger partial charge in [0.25, 0.3) is 0 Å². The molecule has 0 amide bonds. The topological polar surface area (TPSA) is 78.9 Å². The van der Waals surface area contributed by atoms with Crippen molar-refractivity contribution in [3.05, 3.63) is 48.6 Å². The highest BCUT2D eigenvalue weighted by Crippen LogP contribution is 2.18. The molecule has 0 saturated carbocycles. The fourth-order valence-corrected chi connectivity index (χ4v) is 10.9. The molecule has 6 heteroatoms. The SMILES string of the molecule is CCCCCCC/C=C\C/C=C\CCCCCCCCCCCCCCCCCCCC(=O)OCC(COC(=O)CCCCCCC)OC(=O)CCCCCCCCCCCCCCCCCCC/C=C\C/C=C\CCCCCCC. The van der Waals surface area contributed by atoms with Gasteiger partial charge >= 0.3 is 17.9 Å².